The van der Waals surface area contributed by atoms with Crippen LogP contribution in [0, 0.1) is 0 Å². The number of hydrogen-bond acceptors (Lipinski definition) is 3. The number of hydrogen-bond donors (Lipinski definition) is 2. The Hall–Kier alpha value is -1.92. The summed E-state index contributed by atoms with van der Waals surface area (Å²) in [5.74, 6) is 0.833. The number of ether oxygens (including phenoxy) is 1. The van der Waals surface area contributed by atoms with Crippen molar-refractivity contribution in [3.05, 3.63) is 58.6 Å². The first-order chi connectivity index (χ1) is 11.1. The second kappa shape index (κ2) is 8.64. The van der Waals surface area contributed by atoms with Crippen LogP contribution in [0.2, 0.25) is 0 Å². The van der Waals surface area contributed by atoms with Crippen LogP contribution in [-0.2, 0) is 0 Å². The van der Waals surface area contributed by atoms with Gasteiger partial charge in [-0.05, 0) is 56.4 Å². The van der Waals surface area contributed by atoms with Gasteiger partial charge in [-0.1, -0.05) is 34.1 Å². The molecule has 120 valence electrons. The SMILES string of the molecule is CCOc1ccc(NC(=S)N/N=C(/C)c2ccccc2Br)cc1. The Morgan fingerprint density at radius 2 is 1.87 bits per heavy atom. The highest BCUT2D eigenvalue weighted by Gasteiger charge is 2.03. The molecule has 0 saturated heterocycles. The van der Waals surface area contributed by atoms with Gasteiger partial charge in [0.25, 0.3) is 0 Å². The van der Waals surface area contributed by atoms with Gasteiger partial charge >= 0.3 is 0 Å². The predicted octanol–water partition coefficient (Wildman–Crippen LogP) is 4.56. The Morgan fingerprint density at radius 1 is 1.17 bits per heavy atom. The maximum Gasteiger partial charge on any atom is 0.191 e. The molecule has 2 N–H and O–H groups in total. The van der Waals surface area contributed by atoms with Crippen molar-refractivity contribution in [1.82, 2.24) is 5.43 Å². The summed E-state index contributed by atoms with van der Waals surface area (Å²) in [7, 11) is 0. The van der Waals surface area contributed by atoms with Gasteiger partial charge in [0.05, 0.1) is 12.3 Å². The molecule has 0 aromatic heterocycles. The van der Waals surface area contributed by atoms with Crippen molar-refractivity contribution in [3.63, 3.8) is 0 Å². The molecule has 2 aromatic carbocycles. The fourth-order valence-electron chi connectivity index (χ4n) is 1.91. The number of thiocarbonyl (C=S) groups is 1. The van der Waals surface area contributed by atoms with E-state index in [2.05, 4.69) is 31.8 Å². The van der Waals surface area contributed by atoms with Crippen molar-refractivity contribution in [2.45, 2.75) is 13.8 Å². The summed E-state index contributed by atoms with van der Waals surface area (Å²) in [6.45, 7) is 4.53. The van der Waals surface area contributed by atoms with E-state index in [1.165, 1.54) is 0 Å². The van der Waals surface area contributed by atoms with Crippen LogP contribution in [-0.4, -0.2) is 17.4 Å². The number of halogens is 1. The van der Waals surface area contributed by atoms with E-state index in [9.17, 15) is 0 Å². The molecule has 0 spiro atoms. The third-order valence-corrected chi connectivity index (χ3v) is 3.90. The highest BCUT2D eigenvalue weighted by molar-refractivity contribution is 9.10. The molecular formula is C17H18BrN3OS. The van der Waals surface area contributed by atoms with Crippen LogP contribution >= 0.6 is 28.1 Å². The number of nitrogens with zero attached hydrogens (tertiary/aromatic N) is 1. The molecule has 2 aromatic rings. The lowest BCUT2D eigenvalue weighted by atomic mass is 10.1. The van der Waals surface area contributed by atoms with Crippen molar-refractivity contribution >= 4 is 44.7 Å². The maximum atomic E-state index is 5.40. The Labute approximate surface area is 150 Å². The molecular weight excluding hydrogens is 374 g/mol. The molecule has 0 radical (unpaired) electrons. The lowest BCUT2D eigenvalue weighted by Gasteiger charge is -2.09. The zero-order chi connectivity index (χ0) is 16.7. The molecule has 0 saturated carbocycles. The summed E-state index contributed by atoms with van der Waals surface area (Å²) in [6, 6.07) is 15.5. The summed E-state index contributed by atoms with van der Waals surface area (Å²) in [6.07, 6.45) is 0. The van der Waals surface area contributed by atoms with Crippen LogP contribution in [0.4, 0.5) is 5.69 Å². The van der Waals surface area contributed by atoms with Crippen molar-refractivity contribution in [2.75, 3.05) is 11.9 Å². The number of anilines is 1. The topological polar surface area (TPSA) is 45.6 Å². The Kier molecular flexibility index (Phi) is 6.55. The number of benzene rings is 2. The number of nitrogens with one attached hydrogen (secondary N) is 2. The molecule has 2 rings (SSSR count). The quantitative estimate of drug-likeness (QED) is 0.445. The van der Waals surface area contributed by atoms with Crippen LogP contribution in [0.15, 0.2) is 58.1 Å². The second-order valence-electron chi connectivity index (χ2n) is 4.70. The van der Waals surface area contributed by atoms with E-state index < -0.39 is 0 Å². The molecule has 0 amide bonds. The van der Waals surface area contributed by atoms with Crippen LogP contribution in [0.3, 0.4) is 0 Å². The molecule has 0 aliphatic heterocycles. The highest BCUT2D eigenvalue weighted by atomic mass is 79.9. The fraction of sp³-hybridized carbons (Fsp3) is 0.176. The lowest BCUT2D eigenvalue weighted by Crippen LogP contribution is -2.25. The largest absolute Gasteiger partial charge is 0.494 e. The number of hydrazone groups is 1. The standard InChI is InChI=1S/C17H18BrN3OS/c1-3-22-14-10-8-13(9-11-14)19-17(23)21-20-12(2)15-6-4-5-7-16(15)18/h4-11H,3H2,1-2H3,(H2,19,21,23)/b20-12-. The van der Waals surface area contributed by atoms with Gasteiger partial charge in [0, 0.05) is 15.7 Å². The van der Waals surface area contributed by atoms with Gasteiger partial charge in [0.15, 0.2) is 5.11 Å². The molecule has 23 heavy (non-hydrogen) atoms. The highest BCUT2D eigenvalue weighted by Crippen LogP contribution is 2.17. The summed E-state index contributed by atoms with van der Waals surface area (Å²) < 4.78 is 6.40. The zero-order valence-electron chi connectivity index (χ0n) is 13.0. The normalized spacial score (nSPS) is 11.0. The predicted molar refractivity (Wildman–Crippen MR) is 103 cm³/mol. The molecule has 0 atom stereocenters. The summed E-state index contributed by atoms with van der Waals surface area (Å²) in [5.41, 5.74) is 5.59. The maximum absolute atomic E-state index is 5.40. The van der Waals surface area contributed by atoms with E-state index in [4.69, 9.17) is 17.0 Å². The van der Waals surface area contributed by atoms with Gasteiger partial charge in [0.2, 0.25) is 0 Å². The Morgan fingerprint density at radius 3 is 2.52 bits per heavy atom. The molecule has 0 aliphatic rings. The van der Waals surface area contributed by atoms with Crippen LogP contribution in [0.1, 0.15) is 19.4 Å². The number of rotatable bonds is 5. The van der Waals surface area contributed by atoms with Crippen molar-refractivity contribution in [2.24, 2.45) is 5.10 Å². The van der Waals surface area contributed by atoms with Gasteiger partial charge < -0.3 is 10.1 Å². The molecule has 0 unspecified atom stereocenters. The zero-order valence-corrected chi connectivity index (χ0v) is 15.4. The first kappa shape index (κ1) is 17.4. The molecule has 0 fully saturated rings. The van der Waals surface area contributed by atoms with Crippen LogP contribution in [0.25, 0.3) is 0 Å². The first-order valence-corrected chi connectivity index (χ1v) is 8.39. The van der Waals surface area contributed by atoms with E-state index in [-0.39, 0.29) is 0 Å². The second-order valence-corrected chi connectivity index (χ2v) is 5.96. The van der Waals surface area contributed by atoms with Gasteiger partial charge in [0.1, 0.15) is 5.75 Å². The Balaban J connectivity index is 1.94. The van der Waals surface area contributed by atoms with E-state index in [0.29, 0.717) is 11.7 Å². The van der Waals surface area contributed by atoms with Gasteiger partial charge in [-0.2, -0.15) is 5.10 Å². The third kappa shape index (κ3) is 5.33. The van der Waals surface area contributed by atoms with Crippen LogP contribution in [0.5, 0.6) is 5.75 Å². The fourth-order valence-corrected chi connectivity index (χ4v) is 2.64. The molecule has 0 bridgehead atoms. The van der Waals surface area contributed by atoms with Crippen molar-refractivity contribution in [3.8, 4) is 5.75 Å². The average molecular weight is 392 g/mol. The van der Waals surface area contributed by atoms with Crippen molar-refractivity contribution < 1.29 is 4.74 Å². The van der Waals surface area contributed by atoms with E-state index >= 15 is 0 Å². The van der Waals surface area contributed by atoms with Gasteiger partial charge in [-0.3, -0.25) is 5.43 Å². The molecule has 6 heteroatoms. The molecule has 0 aliphatic carbocycles. The first-order valence-electron chi connectivity index (χ1n) is 7.19. The summed E-state index contributed by atoms with van der Waals surface area (Å²) in [4.78, 5) is 0. The summed E-state index contributed by atoms with van der Waals surface area (Å²) in [5, 5.41) is 7.82. The molecule has 0 heterocycles. The van der Waals surface area contributed by atoms with E-state index in [1.807, 2.05) is 62.4 Å². The van der Waals surface area contributed by atoms with E-state index in [1.54, 1.807) is 0 Å². The minimum Gasteiger partial charge on any atom is -0.494 e. The monoisotopic (exact) mass is 391 g/mol. The minimum atomic E-state index is 0.431. The van der Waals surface area contributed by atoms with Crippen LogP contribution < -0.4 is 15.5 Å². The average Bonchev–Trinajstić information content (AvgIpc) is 2.55. The molecule has 4 nitrogen and oxygen atoms in total. The van der Waals surface area contributed by atoms with Crippen molar-refractivity contribution in [1.29, 1.82) is 0 Å². The van der Waals surface area contributed by atoms with Gasteiger partial charge in [-0.25, -0.2) is 0 Å². The third-order valence-electron chi connectivity index (χ3n) is 3.01. The smallest absolute Gasteiger partial charge is 0.191 e. The Bertz CT molecular complexity index is 701. The summed E-state index contributed by atoms with van der Waals surface area (Å²) >= 11 is 8.76. The lowest BCUT2D eigenvalue weighted by molar-refractivity contribution is 0.340. The van der Waals surface area contributed by atoms with Gasteiger partial charge in [-0.15, -0.1) is 0 Å². The van der Waals surface area contributed by atoms with E-state index in [0.717, 1.165) is 27.2 Å². The minimum absolute atomic E-state index is 0.431.